The Balaban J connectivity index is 1.74. The largest absolute Gasteiger partial charge is 0.478 e. The molecule has 3 aromatic carbocycles. The van der Waals surface area contributed by atoms with Crippen LogP contribution in [0.25, 0.3) is 22.2 Å². The Labute approximate surface area is 184 Å². The molecular formula is C26H17ClN2O2. The second kappa shape index (κ2) is 7.82. The zero-order chi connectivity index (χ0) is 21.4. The molecule has 0 radical (unpaired) electrons. The van der Waals surface area contributed by atoms with Gasteiger partial charge in [-0.2, -0.15) is 0 Å². The zero-order valence-corrected chi connectivity index (χ0v) is 17.2. The van der Waals surface area contributed by atoms with Crippen molar-refractivity contribution >= 4 is 45.5 Å². The summed E-state index contributed by atoms with van der Waals surface area (Å²) in [5.74, 6) is -1.05. The first-order valence-corrected chi connectivity index (χ1v) is 10.2. The number of hydrogen-bond donors (Lipinski definition) is 1. The van der Waals surface area contributed by atoms with E-state index in [0.717, 1.165) is 44.6 Å². The van der Waals surface area contributed by atoms with Crippen LogP contribution in [0.2, 0.25) is 5.02 Å². The maximum absolute atomic E-state index is 11.7. The second-order valence-corrected chi connectivity index (χ2v) is 7.71. The van der Waals surface area contributed by atoms with E-state index >= 15 is 0 Å². The van der Waals surface area contributed by atoms with Crippen LogP contribution in [0.4, 0.5) is 0 Å². The minimum absolute atomic E-state index is 0.0822. The number of benzene rings is 3. The van der Waals surface area contributed by atoms with Crippen molar-refractivity contribution in [2.75, 3.05) is 0 Å². The number of carboxylic acids is 1. The number of pyridine rings is 1. The number of rotatable bonds is 4. The molecule has 0 spiro atoms. The topological polar surface area (TPSA) is 62.5 Å². The van der Waals surface area contributed by atoms with Gasteiger partial charge in [-0.05, 0) is 41.0 Å². The van der Waals surface area contributed by atoms with E-state index in [4.69, 9.17) is 16.6 Å². The van der Waals surface area contributed by atoms with E-state index in [9.17, 15) is 9.90 Å². The number of carbonyl (C=O) groups is 1. The van der Waals surface area contributed by atoms with E-state index in [2.05, 4.69) is 4.98 Å². The molecule has 1 aliphatic rings. The van der Waals surface area contributed by atoms with Gasteiger partial charge in [-0.25, -0.2) is 4.79 Å². The number of nitrogens with zero attached hydrogens (tertiary/aromatic N) is 2. The lowest BCUT2D eigenvalue weighted by molar-refractivity contribution is 0.0697. The van der Waals surface area contributed by atoms with E-state index in [0.29, 0.717) is 6.42 Å². The number of allylic oxidation sites excluding steroid dienone is 1. The summed E-state index contributed by atoms with van der Waals surface area (Å²) >= 11 is 6.12. The van der Waals surface area contributed by atoms with Gasteiger partial charge in [0.15, 0.2) is 0 Å². The maximum Gasteiger partial charge on any atom is 0.337 e. The standard InChI is InChI=1S/C26H17ClN2O2/c27-22-11-10-17(14-21(22)26(30)31)20-15-24(16-6-2-1-3-7-16)29-25(20)19-12-13-28-23-9-5-4-8-18(19)23/h1-14H,15H2,(H,30,31). The van der Waals surface area contributed by atoms with Crippen molar-refractivity contribution in [3.05, 3.63) is 112 Å². The highest BCUT2D eigenvalue weighted by Gasteiger charge is 2.24. The average Bonchev–Trinajstić information content (AvgIpc) is 3.25. The Kier molecular flexibility index (Phi) is 4.85. The Morgan fingerprint density at radius 2 is 1.68 bits per heavy atom. The molecule has 4 nitrogen and oxygen atoms in total. The molecular weight excluding hydrogens is 408 g/mol. The van der Waals surface area contributed by atoms with Gasteiger partial charge in [-0.1, -0.05) is 66.2 Å². The lowest BCUT2D eigenvalue weighted by atomic mass is 9.94. The monoisotopic (exact) mass is 424 g/mol. The van der Waals surface area contributed by atoms with Gasteiger partial charge in [0.1, 0.15) is 0 Å². The molecule has 0 aliphatic carbocycles. The fraction of sp³-hybridized carbons (Fsp3) is 0.0385. The fourth-order valence-electron chi connectivity index (χ4n) is 3.93. The first kappa shape index (κ1) is 19.2. The number of para-hydroxylation sites is 1. The zero-order valence-electron chi connectivity index (χ0n) is 16.4. The van der Waals surface area contributed by atoms with Crippen molar-refractivity contribution in [2.24, 2.45) is 4.99 Å². The van der Waals surface area contributed by atoms with Gasteiger partial charge in [0.05, 0.1) is 27.5 Å². The van der Waals surface area contributed by atoms with E-state index in [-0.39, 0.29) is 10.6 Å². The Bertz CT molecular complexity index is 1390. The number of hydrogen-bond acceptors (Lipinski definition) is 3. The minimum atomic E-state index is -1.05. The van der Waals surface area contributed by atoms with Crippen LogP contribution in [-0.4, -0.2) is 21.8 Å². The molecule has 5 rings (SSSR count). The Morgan fingerprint density at radius 1 is 0.903 bits per heavy atom. The molecule has 150 valence electrons. The second-order valence-electron chi connectivity index (χ2n) is 7.30. The number of fused-ring (bicyclic) bond motifs is 1. The van der Waals surface area contributed by atoms with Crippen LogP contribution in [0.15, 0.2) is 90.1 Å². The summed E-state index contributed by atoms with van der Waals surface area (Å²) < 4.78 is 0. The SMILES string of the molecule is O=C(O)c1cc(C2=C(c3ccnc4ccccc34)N=C(c3ccccc3)C2)ccc1Cl. The van der Waals surface area contributed by atoms with Gasteiger partial charge in [-0.15, -0.1) is 0 Å². The quantitative estimate of drug-likeness (QED) is 0.415. The van der Waals surface area contributed by atoms with Crippen LogP contribution >= 0.6 is 11.6 Å². The van der Waals surface area contributed by atoms with E-state index in [1.807, 2.05) is 66.7 Å². The summed E-state index contributed by atoms with van der Waals surface area (Å²) in [5, 5.41) is 10.8. The fourth-order valence-corrected chi connectivity index (χ4v) is 4.13. The molecule has 1 aromatic heterocycles. The van der Waals surface area contributed by atoms with Crippen molar-refractivity contribution in [2.45, 2.75) is 6.42 Å². The molecule has 1 N–H and O–H groups in total. The van der Waals surface area contributed by atoms with Crippen LogP contribution in [0, 0.1) is 0 Å². The molecule has 0 bridgehead atoms. The van der Waals surface area contributed by atoms with Gasteiger partial charge >= 0.3 is 5.97 Å². The third-order valence-corrected chi connectivity index (χ3v) is 5.76. The molecule has 0 fully saturated rings. The summed E-state index contributed by atoms with van der Waals surface area (Å²) in [6, 6.07) is 25.1. The average molecular weight is 425 g/mol. The molecule has 4 aromatic rings. The first-order valence-electron chi connectivity index (χ1n) is 9.85. The summed E-state index contributed by atoms with van der Waals surface area (Å²) in [4.78, 5) is 21.2. The van der Waals surface area contributed by atoms with Crippen molar-refractivity contribution in [3.8, 4) is 0 Å². The molecule has 0 unspecified atom stereocenters. The van der Waals surface area contributed by atoms with Crippen LogP contribution in [0.1, 0.15) is 33.5 Å². The first-order chi connectivity index (χ1) is 15.1. The van der Waals surface area contributed by atoms with Crippen LogP contribution in [0.3, 0.4) is 0 Å². The smallest absolute Gasteiger partial charge is 0.337 e. The van der Waals surface area contributed by atoms with Crippen LogP contribution in [0.5, 0.6) is 0 Å². The van der Waals surface area contributed by atoms with Crippen molar-refractivity contribution < 1.29 is 9.90 Å². The molecule has 1 aliphatic heterocycles. The predicted molar refractivity (Wildman–Crippen MR) is 125 cm³/mol. The van der Waals surface area contributed by atoms with Gasteiger partial charge < -0.3 is 5.11 Å². The van der Waals surface area contributed by atoms with E-state index in [1.54, 1.807) is 18.3 Å². The highest BCUT2D eigenvalue weighted by molar-refractivity contribution is 6.33. The van der Waals surface area contributed by atoms with Crippen molar-refractivity contribution in [1.82, 2.24) is 4.98 Å². The number of aliphatic imine (C=N–C) groups is 1. The molecule has 5 heteroatoms. The maximum atomic E-state index is 11.7. The molecule has 2 heterocycles. The Hall–Kier alpha value is -3.76. The molecule has 0 saturated carbocycles. The third-order valence-electron chi connectivity index (χ3n) is 5.43. The van der Waals surface area contributed by atoms with Crippen LogP contribution in [-0.2, 0) is 0 Å². The van der Waals surface area contributed by atoms with Crippen molar-refractivity contribution in [1.29, 1.82) is 0 Å². The predicted octanol–water partition coefficient (Wildman–Crippen LogP) is 6.35. The van der Waals surface area contributed by atoms with Gasteiger partial charge in [0.2, 0.25) is 0 Å². The number of aromatic carboxylic acids is 1. The highest BCUT2D eigenvalue weighted by Crippen LogP contribution is 2.40. The van der Waals surface area contributed by atoms with E-state index < -0.39 is 5.97 Å². The van der Waals surface area contributed by atoms with Crippen molar-refractivity contribution in [3.63, 3.8) is 0 Å². The Morgan fingerprint density at radius 3 is 2.48 bits per heavy atom. The molecule has 31 heavy (non-hydrogen) atoms. The lowest BCUT2D eigenvalue weighted by Gasteiger charge is -2.10. The normalized spacial score (nSPS) is 13.5. The molecule has 0 saturated heterocycles. The lowest BCUT2D eigenvalue weighted by Crippen LogP contribution is -2.00. The summed E-state index contributed by atoms with van der Waals surface area (Å²) in [6.45, 7) is 0. The highest BCUT2D eigenvalue weighted by atomic mass is 35.5. The summed E-state index contributed by atoms with van der Waals surface area (Å²) in [5.41, 5.74) is 6.52. The van der Waals surface area contributed by atoms with Crippen LogP contribution < -0.4 is 0 Å². The number of aromatic nitrogens is 1. The van der Waals surface area contributed by atoms with Gasteiger partial charge in [0, 0.05) is 23.6 Å². The molecule has 0 amide bonds. The minimum Gasteiger partial charge on any atom is -0.478 e. The van der Waals surface area contributed by atoms with E-state index in [1.165, 1.54) is 0 Å². The van der Waals surface area contributed by atoms with Gasteiger partial charge in [0.25, 0.3) is 0 Å². The molecule has 0 atom stereocenters. The number of carboxylic acid groups (broad SMARTS) is 1. The summed E-state index contributed by atoms with van der Waals surface area (Å²) in [6.07, 6.45) is 2.37. The summed E-state index contributed by atoms with van der Waals surface area (Å²) in [7, 11) is 0. The third kappa shape index (κ3) is 3.51. The van der Waals surface area contributed by atoms with Gasteiger partial charge in [-0.3, -0.25) is 9.98 Å². The number of halogens is 1.